The summed E-state index contributed by atoms with van der Waals surface area (Å²) < 4.78 is 12.3. The number of benzene rings is 4. The summed E-state index contributed by atoms with van der Waals surface area (Å²) in [4.78, 5) is 0. The molecule has 1 heterocycles. The molecule has 2 nitrogen and oxygen atoms in total. The molecule has 4 aromatic carbocycles. The van der Waals surface area contributed by atoms with Crippen LogP contribution in [0.25, 0.3) is 32.3 Å². The van der Waals surface area contributed by atoms with Crippen molar-refractivity contribution < 1.29 is 9.31 Å². The van der Waals surface area contributed by atoms with Crippen LogP contribution in [0, 0.1) is 6.92 Å². The molecule has 3 heteroatoms. The second-order valence-corrected chi connectivity index (χ2v) is 8.24. The maximum absolute atomic E-state index is 6.17. The topological polar surface area (TPSA) is 18.5 Å². The number of hydrogen-bond donors (Lipinski definition) is 0. The van der Waals surface area contributed by atoms with Gasteiger partial charge < -0.3 is 9.31 Å². The molecule has 0 radical (unpaired) electrons. The van der Waals surface area contributed by atoms with Crippen molar-refractivity contribution in [1.82, 2.24) is 0 Å². The third-order valence-corrected chi connectivity index (χ3v) is 6.06. The van der Waals surface area contributed by atoms with E-state index in [0.29, 0.717) is 0 Å². The zero-order valence-electron chi connectivity index (χ0n) is 16.0. The lowest BCUT2D eigenvalue weighted by Crippen LogP contribution is -2.42. The summed E-state index contributed by atoms with van der Waals surface area (Å²) >= 11 is 0. The zero-order valence-corrected chi connectivity index (χ0v) is 16.0. The first-order valence-electron chi connectivity index (χ1n) is 9.41. The molecule has 27 heavy (non-hydrogen) atoms. The van der Waals surface area contributed by atoms with Crippen molar-refractivity contribution in [3.05, 3.63) is 73.7 Å². The first-order valence-corrected chi connectivity index (χ1v) is 9.41. The molecule has 0 aliphatic carbocycles. The Morgan fingerprint density at radius 2 is 1.41 bits per heavy atom. The van der Waals surface area contributed by atoms with E-state index in [-0.39, 0.29) is 0 Å². The number of rotatable bonds is 1. The van der Waals surface area contributed by atoms with Gasteiger partial charge in [-0.15, -0.1) is 0 Å². The maximum Gasteiger partial charge on any atom is 0.498 e. The monoisotopic (exact) mass is 353 g/mol. The standard InChI is InChI=1S/C24H22BO2/c1-23(2)24(3,4)27-25(26-23)19-13-14-21-18(15-19)12-11-17-10-9-16-7-5-6-8-20(16)22(17)21/h5-15H,1H2,2-4H3/q+1. The Bertz CT molecular complexity index is 1180. The van der Waals surface area contributed by atoms with Crippen LogP contribution < -0.4 is 5.46 Å². The molecule has 0 amide bonds. The van der Waals surface area contributed by atoms with Crippen molar-refractivity contribution in [3.63, 3.8) is 0 Å². The van der Waals surface area contributed by atoms with Gasteiger partial charge >= 0.3 is 7.12 Å². The summed E-state index contributed by atoms with van der Waals surface area (Å²) in [7, 11) is -0.393. The third kappa shape index (κ3) is 2.46. The lowest BCUT2D eigenvalue weighted by atomic mass is 9.78. The molecule has 1 aliphatic rings. The van der Waals surface area contributed by atoms with Crippen molar-refractivity contribution in [2.45, 2.75) is 32.0 Å². The molecule has 1 unspecified atom stereocenters. The van der Waals surface area contributed by atoms with Crippen LogP contribution in [0.3, 0.4) is 0 Å². The normalized spacial score (nSPS) is 22.1. The smallest absolute Gasteiger partial charge is 0.395 e. The van der Waals surface area contributed by atoms with E-state index in [4.69, 9.17) is 9.31 Å². The van der Waals surface area contributed by atoms with Gasteiger partial charge in [0.25, 0.3) is 0 Å². The molecule has 5 rings (SSSR count). The van der Waals surface area contributed by atoms with Gasteiger partial charge in [0.15, 0.2) is 0 Å². The SMILES string of the molecule is [CH2+]C1(C)OB(c2ccc3c(ccc4ccc5ccccc5c43)c2)OC1(C)C. The quantitative estimate of drug-likeness (QED) is 0.264. The van der Waals surface area contributed by atoms with E-state index < -0.39 is 18.3 Å². The van der Waals surface area contributed by atoms with Crippen molar-refractivity contribution in [2.24, 2.45) is 0 Å². The van der Waals surface area contributed by atoms with Gasteiger partial charge in [-0.2, -0.15) is 0 Å². The molecule has 0 spiro atoms. The Balaban J connectivity index is 1.69. The van der Waals surface area contributed by atoms with Gasteiger partial charge in [-0.25, -0.2) is 0 Å². The molecular weight excluding hydrogens is 331 g/mol. The first-order chi connectivity index (χ1) is 12.9. The molecule has 0 bridgehead atoms. The van der Waals surface area contributed by atoms with Gasteiger partial charge in [-0.1, -0.05) is 66.7 Å². The summed E-state index contributed by atoms with van der Waals surface area (Å²) in [6.45, 7) is 10.2. The summed E-state index contributed by atoms with van der Waals surface area (Å²) in [5.74, 6) is 0. The molecule has 0 aromatic heterocycles. The van der Waals surface area contributed by atoms with E-state index in [9.17, 15) is 0 Å². The van der Waals surface area contributed by atoms with E-state index >= 15 is 0 Å². The molecule has 0 saturated carbocycles. The highest BCUT2D eigenvalue weighted by atomic mass is 16.7. The number of hydrogen-bond acceptors (Lipinski definition) is 2. The average Bonchev–Trinajstić information content (AvgIpc) is 2.88. The van der Waals surface area contributed by atoms with E-state index in [0.717, 1.165) is 5.46 Å². The van der Waals surface area contributed by atoms with Gasteiger partial charge in [-0.3, -0.25) is 0 Å². The minimum Gasteiger partial charge on any atom is -0.395 e. The lowest BCUT2D eigenvalue weighted by Gasteiger charge is -2.25. The first kappa shape index (κ1) is 16.7. The van der Waals surface area contributed by atoms with Crippen molar-refractivity contribution >= 4 is 44.9 Å². The van der Waals surface area contributed by atoms with Crippen molar-refractivity contribution in [3.8, 4) is 0 Å². The Morgan fingerprint density at radius 3 is 2.15 bits per heavy atom. The molecule has 0 N–H and O–H groups in total. The predicted molar refractivity (Wildman–Crippen MR) is 114 cm³/mol. The van der Waals surface area contributed by atoms with Crippen LogP contribution in [-0.4, -0.2) is 18.3 Å². The third-order valence-electron chi connectivity index (χ3n) is 6.06. The molecular formula is C24H22BO2+. The maximum atomic E-state index is 6.17. The Morgan fingerprint density at radius 1 is 0.741 bits per heavy atom. The van der Waals surface area contributed by atoms with Gasteiger partial charge in [0.05, 0.1) is 6.92 Å². The fourth-order valence-electron chi connectivity index (χ4n) is 3.93. The van der Waals surface area contributed by atoms with Gasteiger partial charge in [0.1, 0.15) is 5.60 Å². The van der Waals surface area contributed by atoms with Crippen LogP contribution in [0.2, 0.25) is 0 Å². The highest BCUT2D eigenvalue weighted by Crippen LogP contribution is 2.37. The Hall–Kier alpha value is -2.49. The van der Waals surface area contributed by atoms with Crippen molar-refractivity contribution in [1.29, 1.82) is 0 Å². The largest absolute Gasteiger partial charge is 0.498 e. The van der Waals surface area contributed by atoms with Crippen LogP contribution in [0.1, 0.15) is 20.8 Å². The average molecular weight is 353 g/mol. The fourth-order valence-corrected chi connectivity index (χ4v) is 3.93. The highest BCUT2D eigenvalue weighted by molar-refractivity contribution is 6.62. The molecule has 1 saturated heterocycles. The van der Waals surface area contributed by atoms with Crippen LogP contribution in [0.4, 0.5) is 0 Å². The van der Waals surface area contributed by atoms with Crippen LogP contribution in [-0.2, 0) is 9.31 Å². The molecule has 4 aromatic rings. The summed E-state index contributed by atoms with van der Waals surface area (Å²) in [6, 6.07) is 23.8. The summed E-state index contributed by atoms with van der Waals surface area (Å²) in [5, 5.41) is 7.55. The second kappa shape index (κ2) is 5.51. The van der Waals surface area contributed by atoms with Gasteiger partial charge in [-0.05, 0) is 51.6 Å². The summed E-state index contributed by atoms with van der Waals surface area (Å²) in [6.07, 6.45) is 0. The number of fused-ring (bicyclic) bond motifs is 5. The van der Waals surface area contributed by atoms with Crippen LogP contribution in [0.5, 0.6) is 0 Å². The lowest BCUT2D eigenvalue weighted by molar-refractivity contribution is 0.0262. The Labute approximate surface area is 160 Å². The zero-order chi connectivity index (χ0) is 18.8. The summed E-state index contributed by atoms with van der Waals surface area (Å²) in [5.41, 5.74) is 0.0147. The predicted octanol–water partition coefficient (Wildman–Crippen LogP) is 5.26. The minimum absolute atomic E-state index is 0.393. The van der Waals surface area contributed by atoms with Crippen LogP contribution in [0.15, 0.2) is 66.7 Å². The van der Waals surface area contributed by atoms with Gasteiger partial charge in [0.2, 0.25) is 5.60 Å². The molecule has 1 aliphatic heterocycles. The molecule has 1 fully saturated rings. The van der Waals surface area contributed by atoms with Crippen molar-refractivity contribution in [2.75, 3.05) is 0 Å². The van der Waals surface area contributed by atoms with Crippen LogP contribution >= 0.6 is 0 Å². The van der Waals surface area contributed by atoms with E-state index in [1.165, 1.54) is 32.3 Å². The second-order valence-electron chi connectivity index (χ2n) is 8.24. The van der Waals surface area contributed by atoms with E-state index in [2.05, 4.69) is 73.7 Å². The fraction of sp³-hybridized carbons (Fsp3) is 0.208. The molecule has 132 valence electrons. The van der Waals surface area contributed by atoms with E-state index in [1.807, 2.05) is 20.8 Å². The van der Waals surface area contributed by atoms with E-state index in [1.54, 1.807) is 0 Å². The Kier molecular flexibility index (Phi) is 3.40. The molecule has 1 atom stereocenters. The van der Waals surface area contributed by atoms with Gasteiger partial charge in [0, 0.05) is 6.92 Å². The minimum atomic E-state index is -0.577. The highest BCUT2D eigenvalue weighted by Gasteiger charge is 2.57.